The molecule has 88 valence electrons. The molecule has 0 bridgehead atoms. The van der Waals surface area contributed by atoms with Crippen molar-refractivity contribution in [3.63, 3.8) is 0 Å². The van der Waals surface area contributed by atoms with Crippen LogP contribution in [0.4, 0.5) is 0 Å². The molecule has 0 amide bonds. The Hall–Kier alpha value is -1.62. The lowest BCUT2D eigenvalue weighted by molar-refractivity contribution is 0.0689. The van der Waals surface area contributed by atoms with Crippen molar-refractivity contribution in [2.45, 2.75) is 6.92 Å². The second-order valence-corrected chi connectivity index (χ2v) is 4.66. The first-order valence-electron chi connectivity index (χ1n) is 5.03. The van der Waals surface area contributed by atoms with Crippen LogP contribution in [0.1, 0.15) is 16.1 Å². The highest BCUT2D eigenvalue weighted by molar-refractivity contribution is 9.10. The van der Waals surface area contributed by atoms with Crippen molar-refractivity contribution in [2.75, 3.05) is 0 Å². The number of carboxylic acid groups (broad SMARTS) is 1. The highest BCUT2D eigenvalue weighted by Crippen LogP contribution is 2.25. The fourth-order valence-corrected chi connectivity index (χ4v) is 1.97. The average Bonchev–Trinajstić information content (AvgIpc) is 2.65. The Morgan fingerprint density at radius 1 is 1.41 bits per heavy atom. The van der Waals surface area contributed by atoms with E-state index < -0.39 is 5.97 Å². The van der Waals surface area contributed by atoms with E-state index in [0.29, 0.717) is 0 Å². The van der Waals surface area contributed by atoms with Crippen LogP contribution in [-0.2, 0) is 7.05 Å². The van der Waals surface area contributed by atoms with Gasteiger partial charge in [0, 0.05) is 17.1 Å². The first kappa shape index (κ1) is 11.9. The van der Waals surface area contributed by atoms with E-state index in [4.69, 9.17) is 5.11 Å². The van der Waals surface area contributed by atoms with Gasteiger partial charge in [-0.1, -0.05) is 28.1 Å². The molecule has 2 aromatic rings. The summed E-state index contributed by atoms with van der Waals surface area (Å²) in [7, 11) is 1.73. The third-order valence-electron chi connectivity index (χ3n) is 2.57. The van der Waals surface area contributed by atoms with Crippen molar-refractivity contribution in [2.24, 2.45) is 7.05 Å². The standard InChI is InChI=1S/C12H11BrN2O2/c1-7-3-4-8(5-9(7)13)11-6-10(12(16)17)14-15(11)2/h3-6H,1-2H3,(H,16,17). The van der Waals surface area contributed by atoms with Gasteiger partial charge in [0.1, 0.15) is 0 Å². The Labute approximate surface area is 107 Å². The van der Waals surface area contributed by atoms with E-state index >= 15 is 0 Å². The third kappa shape index (κ3) is 2.24. The van der Waals surface area contributed by atoms with Gasteiger partial charge in [-0.2, -0.15) is 5.10 Å². The summed E-state index contributed by atoms with van der Waals surface area (Å²) in [5.41, 5.74) is 2.90. The van der Waals surface area contributed by atoms with Crippen LogP contribution in [0.2, 0.25) is 0 Å². The van der Waals surface area contributed by atoms with Crippen molar-refractivity contribution in [3.8, 4) is 11.3 Å². The summed E-state index contributed by atoms with van der Waals surface area (Å²) in [6, 6.07) is 7.45. The first-order chi connectivity index (χ1) is 7.99. The van der Waals surface area contributed by atoms with Gasteiger partial charge in [0.25, 0.3) is 0 Å². The molecule has 1 aromatic carbocycles. The molecule has 0 spiro atoms. The number of hydrogen-bond donors (Lipinski definition) is 1. The molecule has 1 aromatic heterocycles. The van der Waals surface area contributed by atoms with Crippen LogP contribution in [0.15, 0.2) is 28.7 Å². The predicted molar refractivity (Wildman–Crippen MR) is 68.0 cm³/mol. The number of rotatable bonds is 2. The van der Waals surface area contributed by atoms with Gasteiger partial charge in [0.05, 0.1) is 5.69 Å². The number of aromatic nitrogens is 2. The van der Waals surface area contributed by atoms with Gasteiger partial charge >= 0.3 is 5.97 Å². The number of benzene rings is 1. The Balaban J connectivity index is 2.52. The summed E-state index contributed by atoms with van der Waals surface area (Å²) in [6.07, 6.45) is 0. The summed E-state index contributed by atoms with van der Waals surface area (Å²) in [5.74, 6) is -1.02. The molecule has 0 saturated carbocycles. The van der Waals surface area contributed by atoms with Gasteiger partial charge in [-0.05, 0) is 24.6 Å². The van der Waals surface area contributed by atoms with Crippen LogP contribution < -0.4 is 0 Å². The third-order valence-corrected chi connectivity index (χ3v) is 3.42. The number of carbonyl (C=O) groups is 1. The maximum Gasteiger partial charge on any atom is 0.356 e. The van der Waals surface area contributed by atoms with Crippen LogP contribution in [-0.4, -0.2) is 20.9 Å². The molecule has 0 unspecified atom stereocenters. The Morgan fingerprint density at radius 3 is 2.65 bits per heavy atom. The molecular formula is C12H11BrN2O2. The Morgan fingerprint density at radius 2 is 2.12 bits per heavy atom. The minimum absolute atomic E-state index is 0.0548. The lowest BCUT2D eigenvalue weighted by Gasteiger charge is -2.04. The van der Waals surface area contributed by atoms with Crippen LogP contribution in [0.3, 0.4) is 0 Å². The molecule has 0 aliphatic rings. The molecule has 0 fully saturated rings. The van der Waals surface area contributed by atoms with Crippen molar-refractivity contribution in [1.82, 2.24) is 9.78 Å². The molecule has 0 aliphatic carbocycles. The maximum absolute atomic E-state index is 10.8. The normalized spacial score (nSPS) is 10.5. The zero-order chi connectivity index (χ0) is 12.6. The van der Waals surface area contributed by atoms with Gasteiger partial charge in [0.2, 0.25) is 0 Å². The average molecular weight is 295 g/mol. The van der Waals surface area contributed by atoms with E-state index in [2.05, 4.69) is 21.0 Å². The van der Waals surface area contributed by atoms with Gasteiger partial charge in [0.15, 0.2) is 5.69 Å². The van der Waals surface area contributed by atoms with Gasteiger partial charge in [-0.15, -0.1) is 0 Å². The molecule has 0 radical (unpaired) electrons. The van der Waals surface area contributed by atoms with Gasteiger partial charge < -0.3 is 5.11 Å². The topological polar surface area (TPSA) is 55.1 Å². The Kier molecular flexibility index (Phi) is 3.02. The second kappa shape index (κ2) is 4.33. The molecule has 5 heteroatoms. The molecule has 0 saturated heterocycles. The monoisotopic (exact) mass is 294 g/mol. The van der Waals surface area contributed by atoms with Crippen LogP contribution in [0.5, 0.6) is 0 Å². The summed E-state index contributed by atoms with van der Waals surface area (Å²) in [6.45, 7) is 2.00. The number of nitrogens with zero attached hydrogens (tertiary/aromatic N) is 2. The molecule has 1 heterocycles. The van der Waals surface area contributed by atoms with Crippen LogP contribution in [0, 0.1) is 6.92 Å². The molecule has 4 nitrogen and oxygen atoms in total. The summed E-state index contributed by atoms with van der Waals surface area (Å²) in [5, 5.41) is 12.8. The predicted octanol–water partition coefficient (Wildman–Crippen LogP) is 2.86. The van der Waals surface area contributed by atoms with E-state index in [1.807, 2.05) is 25.1 Å². The molecule has 1 N–H and O–H groups in total. The maximum atomic E-state index is 10.8. The van der Waals surface area contributed by atoms with Gasteiger partial charge in [-0.3, -0.25) is 4.68 Å². The molecule has 17 heavy (non-hydrogen) atoms. The van der Waals surface area contributed by atoms with Crippen molar-refractivity contribution in [1.29, 1.82) is 0 Å². The van der Waals surface area contributed by atoms with Crippen LogP contribution in [0.25, 0.3) is 11.3 Å². The molecule has 0 atom stereocenters. The largest absolute Gasteiger partial charge is 0.476 e. The summed E-state index contributed by atoms with van der Waals surface area (Å²) in [4.78, 5) is 10.8. The van der Waals surface area contributed by atoms with Crippen molar-refractivity contribution in [3.05, 3.63) is 40.0 Å². The second-order valence-electron chi connectivity index (χ2n) is 3.81. The number of aryl methyl sites for hydroxylation is 2. The van der Waals surface area contributed by atoms with Gasteiger partial charge in [-0.25, -0.2) is 4.79 Å². The van der Waals surface area contributed by atoms with Crippen molar-refractivity contribution < 1.29 is 9.90 Å². The van der Waals surface area contributed by atoms with Crippen molar-refractivity contribution >= 4 is 21.9 Å². The van der Waals surface area contributed by atoms with E-state index in [1.165, 1.54) is 0 Å². The zero-order valence-electron chi connectivity index (χ0n) is 9.44. The molecular weight excluding hydrogens is 284 g/mol. The minimum atomic E-state index is -1.02. The minimum Gasteiger partial charge on any atom is -0.476 e. The number of carboxylic acids is 1. The number of aromatic carboxylic acids is 1. The first-order valence-corrected chi connectivity index (χ1v) is 5.82. The van der Waals surface area contributed by atoms with E-state index in [1.54, 1.807) is 17.8 Å². The van der Waals surface area contributed by atoms with E-state index in [9.17, 15) is 4.79 Å². The molecule has 2 rings (SSSR count). The van der Waals surface area contributed by atoms with Crippen LogP contribution >= 0.6 is 15.9 Å². The van der Waals surface area contributed by atoms with E-state index in [-0.39, 0.29) is 5.69 Å². The SMILES string of the molecule is Cc1ccc(-c2cc(C(=O)O)nn2C)cc1Br. The van der Waals surface area contributed by atoms with E-state index in [0.717, 1.165) is 21.3 Å². The molecule has 0 aliphatic heterocycles. The highest BCUT2D eigenvalue weighted by Gasteiger charge is 2.12. The Bertz CT molecular complexity index is 590. The lowest BCUT2D eigenvalue weighted by atomic mass is 10.1. The quantitative estimate of drug-likeness (QED) is 0.927. The smallest absolute Gasteiger partial charge is 0.356 e. The number of halogens is 1. The highest BCUT2D eigenvalue weighted by atomic mass is 79.9. The zero-order valence-corrected chi connectivity index (χ0v) is 11.0. The summed E-state index contributed by atoms with van der Waals surface area (Å²) >= 11 is 3.46. The summed E-state index contributed by atoms with van der Waals surface area (Å²) < 4.78 is 2.56. The lowest BCUT2D eigenvalue weighted by Crippen LogP contribution is -1.99. The fraction of sp³-hybridized carbons (Fsp3) is 0.167. The fourth-order valence-electron chi connectivity index (χ4n) is 1.59. The number of hydrogen-bond acceptors (Lipinski definition) is 2.